The fraction of sp³-hybridized carbons (Fsp3) is 0.286. The predicted octanol–water partition coefficient (Wildman–Crippen LogP) is 2.34. The predicted molar refractivity (Wildman–Crippen MR) is 82.0 cm³/mol. The number of hydrogen-bond donors (Lipinski definition) is 1. The lowest BCUT2D eigenvalue weighted by Crippen LogP contribution is -2.26. The van der Waals surface area contributed by atoms with E-state index in [9.17, 15) is 8.42 Å². The number of hydrogen-bond acceptors (Lipinski definition) is 4. The maximum Gasteiger partial charge on any atom is 0.243 e. The van der Waals surface area contributed by atoms with Crippen molar-refractivity contribution in [3.63, 3.8) is 0 Å². The van der Waals surface area contributed by atoms with Crippen LogP contribution >= 0.6 is 11.3 Å². The highest BCUT2D eigenvalue weighted by Crippen LogP contribution is 2.23. The summed E-state index contributed by atoms with van der Waals surface area (Å²) in [5.74, 6) is 0. The standard InChI is InChI=1S/C14H18N2O2S2/c1-11-5-3-4-6-12(11)9-16(2)20(17,18)14-7-13(8-15)19-10-14/h3-7,10H,8-9,15H2,1-2H3. The normalized spacial score (nSPS) is 12.0. The molecule has 2 rings (SSSR count). The summed E-state index contributed by atoms with van der Waals surface area (Å²) in [6.45, 7) is 2.71. The van der Waals surface area contributed by atoms with E-state index in [0.29, 0.717) is 18.0 Å². The summed E-state index contributed by atoms with van der Waals surface area (Å²) in [6, 6.07) is 9.43. The molecule has 0 aliphatic heterocycles. The molecule has 20 heavy (non-hydrogen) atoms. The largest absolute Gasteiger partial charge is 0.326 e. The van der Waals surface area contributed by atoms with E-state index in [4.69, 9.17) is 5.73 Å². The molecule has 0 saturated heterocycles. The molecule has 0 aliphatic rings. The van der Waals surface area contributed by atoms with Gasteiger partial charge in [0.2, 0.25) is 10.0 Å². The van der Waals surface area contributed by atoms with Crippen LogP contribution < -0.4 is 5.73 Å². The Morgan fingerprint density at radius 1 is 1.30 bits per heavy atom. The van der Waals surface area contributed by atoms with Crippen LogP contribution in [0.15, 0.2) is 40.6 Å². The molecule has 0 fully saturated rings. The Morgan fingerprint density at radius 3 is 2.60 bits per heavy atom. The summed E-state index contributed by atoms with van der Waals surface area (Å²) < 4.78 is 26.3. The van der Waals surface area contributed by atoms with Gasteiger partial charge in [-0.05, 0) is 24.1 Å². The van der Waals surface area contributed by atoms with Crippen molar-refractivity contribution < 1.29 is 8.42 Å². The second-order valence-corrected chi connectivity index (χ2v) is 7.68. The number of nitrogens with zero attached hydrogens (tertiary/aromatic N) is 1. The third-order valence-electron chi connectivity index (χ3n) is 3.19. The van der Waals surface area contributed by atoms with Crippen LogP contribution in [0.5, 0.6) is 0 Å². The number of benzene rings is 1. The maximum atomic E-state index is 12.5. The number of sulfonamides is 1. The van der Waals surface area contributed by atoms with Gasteiger partial charge in [0.05, 0.1) is 4.90 Å². The lowest BCUT2D eigenvalue weighted by Gasteiger charge is -2.17. The molecule has 1 aromatic carbocycles. The summed E-state index contributed by atoms with van der Waals surface area (Å²) in [5, 5.41) is 1.64. The minimum atomic E-state index is -3.46. The zero-order valence-corrected chi connectivity index (χ0v) is 13.2. The van der Waals surface area contributed by atoms with Crippen LogP contribution in [0.2, 0.25) is 0 Å². The molecule has 0 atom stereocenters. The average Bonchev–Trinajstić information content (AvgIpc) is 2.90. The van der Waals surface area contributed by atoms with Gasteiger partial charge in [-0.15, -0.1) is 11.3 Å². The second-order valence-electron chi connectivity index (χ2n) is 4.64. The van der Waals surface area contributed by atoms with Gasteiger partial charge in [0.15, 0.2) is 0 Å². The van der Waals surface area contributed by atoms with Crippen molar-refractivity contribution in [1.29, 1.82) is 0 Å². The summed E-state index contributed by atoms with van der Waals surface area (Å²) >= 11 is 1.37. The average molecular weight is 310 g/mol. The molecule has 0 aliphatic carbocycles. The molecule has 2 N–H and O–H groups in total. The van der Waals surface area contributed by atoms with Crippen molar-refractivity contribution in [3.8, 4) is 0 Å². The van der Waals surface area contributed by atoms with Gasteiger partial charge in [0.1, 0.15) is 0 Å². The quantitative estimate of drug-likeness (QED) is 0.922. The molecule has 0 radical (unpaired) electrons. The monoisotopic (exact) mass is 310 g/mol. The van der Waals surface area contributed by atoms with Gasteiger partial charge in [-0.3, -0.25) is 0 Å². The molecule has 108 valence electrons. The molecular weight excluding hydrogens is 292 g/mol. The minimum absolute atomic E-state index is 0.319. The topological polar surface area (TPSA) is 63.4 Å². The van der Waals surface area contributed by atoms with E-state index in [1.165, 1.54) is 15.6 Å². The number of nitrogens with two attached hydrogens (primary N) is 1. The first-order valence-electron chi connectivity index (χ1n) is 6.23. The molecule has 0 saturated carbocycles. The minimum Gasteiger partial charge on any atom is -0.326 e. The molecule has 4 nitrogen and oxygen atoms in total. The van der Waals surface area contributed by atoms with Crippen LogP contribution in [0, 0.1) is 6.92 Å². The highest BCUT2D eigenvalue weighted by molar-refractivity contribution is 7.89. The van der Waals surface area contributed by atoms with E-state index in [1.54, 1.807) is 18.5 Å². The van der Waals surface area contributed by atoms with Crippen LogP contribution in [0.1, 0.15) is 16.0 Å². The molecule has 1 heterocycles. The van der Waals surface area contributed by atoms with E-state index in [1.807, 2.05) is 31.2 Å². The molecule has 0 unspecified atom stereocenters. The Balaban J connectivity index is 2.23. The number of aryl methyl sites for hydroxylation is 1. The van der Waals surface area contributed by atoms with Gasteiger partial charge in [-0.1, -0.05) is 24.3 Å². The maximum absolute atomic E-state index is 12.5. The SMILES string of the molecule is Cc1ccccc1CN(C)S(=O)(=O)c1csc(CN)c1. The zero-order valence-electron chi connectivity index (χ0n) is 11.5. The smallest absolute Gasteiger partial charge is 0.243 e. The van der Waals surface area contributed by atoms with Crippen LogP contribution in [0.25, 0.3) is 0 Å². The van der Waals surface area contributed by atoms with Gasteiger partial charge in [-0.2, -0.15) is 4.31 Å². The van der Waals surface area contributed by atoms with E-state index >= 15 is 0 Å². The third kappa shape index (κ3) is 3.09. The summed E-state index contributed by atoms with van der Waals surface area (Å²) in [6.07, 6.45) is 0. The van der Waals surface area contributed by atoms with E-state index in [0.717, 1.165) is 16.0 Å². The third-order valence-corrected chi connectivity index (χ3v) is 6.08. The first-order valence-corrected chi connectivity index (χ1v) is 8.55. The molecule has 2 aromatic rings. The van der Waals surface area contributed by atoms with Crippen LogP contribution in [-0.2, 0) is 23.1 Å². The summed E-state index contributed by atoms with van der Waals surface area (Å²) in [7, 11) is -1.86. The molecule has 0 spiro atoms. The Hall–Kier alpha value is -1.21. The van der Waals surface area contributed by atoms with Crippen molar-refractivity contribution in [2.75, 3.05) is 7.05 Å². The zero-order chi connectivity index (χ0) is 14.8. The van der Waals surface area contributed by atoms with Gasteiger partial charge in [0.25, 0.3) is 0 Å². The van der Waals surface area contributed by atoms with E-state index in [-0.39, 0.29) is 0 Å². The molecular formula is C14H18N2O2S2. The number of thiophene rings is 1. The lowest BCUT2D eigenvalue weighted by atomic mass is 10.1. The highest BCUT2D eigenvalue weighted by Gasteiger charge is 2.22. The van der Waals surface area contributed by atoms with Crippen LogP contribution in [0.4, 0.5) is 0 Å². The first-order chi connectivity index (χ1) is 9.45. The fourth-order valence-corrected chi connectivity index (χ4v) is 4.19. The van der Waals surface area contributed by atoms with Gasteiger partial charge in [0, 0.05) is 30.4 Å². The molecule has 1 aromatic heterocycles. The van der Waals surface area contributed by atoms with Crippen molar-refractivity contribution in [2.45, 2.75) is 24.9 Å². The molecule has 0 amide bonds. The Morgan fingerprint density at radius 2 is 2.00 bits per heavy atom. The van der Waals surface area contributed by atoms with Crippen LogP contribution in [-0.4, -0.2) is 19.8 Å². The van der Waals surface area contributed by atoms with Crippen molar-refractivity contribution in [1.82, 2.24) is 4.31 Å². The first kappa shape index (κ1) is 15.2. The fourth-order valence-electron chi connectivity index (χ4n) is 1.90. The summed E-state index contributed by atoms with van der Waals surface area (Å²) in [5.41, 5.74) is 7.62. The Kier molecular flexibility index (Phi) is 4.59. The van der Waals surface area contributed by atoms with Gasteiger partial charge < -0.3 is 5.73 Å². The summed E-state index contributed by atoms with van der Waals surface area (Å²) in [4.78, 5) is 1.19. The van der Waals surface area contributed by atoms with Crippen molar-refractivity contribution in [2.24, 2.45) is 5.73 Å². The van der Waals surface area contributed by atoms with Gasteiger partial charge >= 0.3 is 0 Å². The second kappa shape index (κ2) is 6.05. The van der Waals surface area contributed by atoms with E-state index in [2.05, 4.69) is 0 Å². The van der Waals surface area contributed by atoms with Crippen molar-refractivity contribution in [3.05, 3.63) is 51.7 Å². The van der Waals surface area contributed by atoms with Crippen LogP contribution in [0.3, 0.4) is 0 Å². The van der Waals surface area contributed by atoms with E-state index < -0.39 is 10.0 Å². The van der Waals surface area contributed by atoms with Gasteiger partial charge in [-0.25, -0.2) is 8.42 Å². The Labute approximate surface area is 123 Å². The lowest BCUT2D eigenvalue weighted by molar-refractivity contribution is 0.466. The molecule has 6 heteroatoms. The Bertz CT molecular complexity index is 693. The molecule has 0 bridgehead atoms. The highest BCUT2D eigenvalue weighted by atomic mass is 32.2. The van der Waals surface area contributed by atoms with Crippen molar-refractivity contribution >= 4 is 21.4 Å². The number of rotatable bonds is 5.